The van der Waals surface area contributed by atoms with E-state index in [0.29, 0.717) is 5.57 Å². The monoisotopic (exact) mass is 286 g/mol. The molecule has 0 saturated heterocycles. The highest BCUT2D eigenvalue weighted by Crippen LogP contribution is 2.29. The predicted molar refractivity (Wildman–Crippen MR) is 82.6 cm³/mol. The van der Waals surface area contributed by atoms with E-state index < -0.39 is 8.32 Å². The summed E-state index contributed by atoms with van der Waals surface area (Å²) in [5.41, 5.74) is 0.416. The zero-order chi connectivity index (χ0) is 14.9. The molecule has 4 heteroatoms. The lowest BCUT2D eigenvalue weighted by Crippen LogP contribution is -2.51. The van der Waals surface area contributed by atoms with Crippen molar-refractivity contribution in [1.82, 2.24) is 0 Å². The van der Waals surface area contributed by atoms with Gasteiger partial charge in [-0.15, -0.1) is 0 Å². The van der Waals surface area contributed by atoms with Gasteiger partial charge in [-0.25, -0.2) is 4.79 Å². The molecule has 3 nitrogen and oxygen atoms in total. The second kappa shape index (κ2) is 9.32. The lowest BCUT2D eigenvalue weighted by Gasteiger charge is -2.36. The third-order valence-electron chi connectivity index (χ3n) is 3.49. The van der Waals surface area contributed by atoms with E-state index in [1.165, 1.54) is 0 Å². The second-order valence-electron chi connectivity index (χ2n) is 5.23. The molecule has 112 valence electrons. The molecule has 0 spiro atoms. The molecule has 0 aromatic heterocycles. The highest BCUT2D eigenvalue weighted by Gasteiger charge is 2.43. The average molecular weight is 286 g/mol. The molecule has 0 heterocycles. The maximum atomic E-state index is 11.8. The normalized spacial score (nSPS) is 13.1. The van der Waals surface area contributed by atoms with Crippen molar-refractivity contribution in [2.45, 2.75) is 71.2 Å². The van der Waals surface area contributed by atoms with Crippen LogP contribution in [0.4, 0.5) is 0 Å². The van der Waals surface area contributed by atoms with Crippen LogP contribution in [0.15, 0.2) is 12.2 Å². The molecule has 0 rings (SSSR count). The molecule has 1 unspecified atom stereocenters. The summed E-state index contributed by atoms with van der Waals surface area (Å²) in [6.45, 7) is 11.8. The molecule has 19 heavy (non-hydrogen) atoms. The second-order valence-corrected chi connectivity index (χ2v) is 9.41. The van der Waals surface area contributed by atoms with Crippen molar-refractivity contribution in [1.29, 1.82) is 0 Å². The quantitative estimate of drug-likeness (QED) is 0.342. The Morgan fingerprint density at radius 3 is 2.00 bits per heavy atom. The Balaban J connectivity index is 5.12. The van der Waals surface area contributed by atoms with E-state index in [9.17, 15) is 4.79 Å². The number of rotatable bonds is 10. The van der Waals surface area contributed by atoms with Crippen molar-refractivity contribution < 1.29 is 14.0 Å². The summed E-state index contributed by atoms with van der Waals surface area (Å²) < 4.78 is 11.7. The van der Waals surface area contributed by atoms with Crippen LogP contribution in [0.25, 0.3) is 0 Å². The van der Waals surface area contributed by atoms with Gasteiger partial charge in [0.2, 0.25) is 8.32 Å². The summed E-state index contributed by atoms with van der Waals surface area (Å²) in [5, 5.41) is 0. The van der Waals surface area contributed by atoms with E-state index in [4.69, 9.17) is 9.16 Å². The Morgan fingerprint density at radius 2 is 1.68 bits per heavy atom. The first-order chi connectivity index (χ1) is 8.97. The van der Waals surface area contributed by atoms with Crippen LogP contribution < -0.4 is 0 Å². The van der Waals surface area contributed by atoms with Gasteiger partial charge in [0, 0.05) is 12.7 Å². The average Bonchev–Trinajstić information content (AvgIpc) is 2.37. The summed E-state index contributed by atoms with van der Waals surface area (Å²) in [6.07, 6.45) is 4.04. The van der Waals surface area contributed by atoms with Crippen molar-refractivity contribution in [3.63, 3.8) is 0 Å². The SMILES string of the molecule is C=C(C)C(=O)OC(CCC)[Si](CCC)(CCC)OC. The third-order valence-corrected chi connectivity index (χ3v) is 8.57. The maximum Gasteiger partial charge on any atom is 0.333 e. The molecule has 0 N–H and O–H groups in total. The maximum absolute atomic E-state index is 11.8. The molecule has 0 aliphatic heterocycles. The minimum Gasteiger partial charge on any atom is -0.460 e. The van der Waals surface area contributed by atoms with Gasteiger partial charge in [-0.2, -0.15) is 0 Å². The molecule has 0 fully saturated rings. The van der Waals surface area contributed by atoms with Crippen molar-refractivity contribution in [3.8, 4) is 0 Å². The summed E-state index contributed by atoms with van der Waals surface area (Å²) >= 11 is 0. The summed E-state index contributed by atoms with van der Waals surface area (Å²) in [5.74, 6) is -0.278. The zero-order valence-corrected chi connectivity index (χ0v) is 14.3. The smallest absolute Gasteiger partial charge is 0.333 e. The first-order valence-corrected chi connectivity index (χ1v) is 9.79. The molecule has 0 aromatic rings. The lowest BCUT2D eigenvalue weighted by molar-refractivity contribution is -0.141. The molecule has 1 atom stereocenters. The van der Waals surface area contributed by atoms with Crippen LogP contribution in [0.1, 0.15) is 53.4 Å². The van der Waals surface area contributed by atoms with E-state index in [1.807, 2.05) is 0 Å². The first-order valence-electron chi connectivity index (χ1n) is 7.39. The van der Waals surface area contributed by atoms with Gasteiger partial charge in [-0.3, -0.25) is 0 Å². The van der Waals surface area contributed by atoms with Gasteiger partial charge in [0.05, 0.1) is 0 Å². The molecule has 0 aliphatic rings. The molecule has 0 saturated carbocycles. The van der Waals surface area contributed by atoms with Crippen LogP contribution >= 0.6 is 0 Å². The van der Waals surface area contributed by atoms with Gasteiger partial charge in [0.25, 0.3) is 0 Å². The van der Waals surface area contributed by atoms with Crippen molar-refractivity contribution in [2.75, 3.05) is 7.11 Å². The van der Waals surface area contributed by atoms with E-state index in [0.717, 1.165) is 37.8 Å². The van der Waals surface area contributed by atoms with Crippen molar-refractivity contribution in [3.05, 3.63) is 12.2 Å². The van der Waals surface area contributed by atoms with E-state index >= 15 is 0 Å². The summed E-state index contributed by atoms with van der Waals surface area (Å²) in [6, 6.07) is 2.09. The van der Waals surface area contributed by atoms with Crippen molar-refractivity contribution >= 4 is 14.3 Å². The minimum absolute atomic E-state index is 0.0494. The lowest BCUT2D eigenvalue weighted by atomic mass is 10.3. The van der Waals surface area contributed by atoms with Gasteiger partial charge in [0.15, 0.2) is 0 Å². The number of hydrogen-bond donors (Lipinski definition) is 0. The number of carbonyl (C=O) groups excluding carboxylic acids is 1. The first kappa shape index (κ1) is 18.4. The van der Waals surface area contributed by atoms with Crippen LogP contribution in [-0.4, -0.2) is 27.1 Å². The van der Waals surface area contributed by atoms with Gasteiger partial charge in [-0.1, -0.05) is 46.6 Å². The fourth-order valence-corrected chi connectivity index (χ4v) is 6.94. The predicted octanol–water partition coefficient (Wildman–Crippen LogP) is 4.23. The van der Waals surface area contributed by atoms with E-state index in [-0.39, 0.29) is 11.7 Å². The highest BCUT2D eigenvalue weighted by atomic mass is 28.4. The minimum atomic E-state index is -2.01. The van der Waals surface area contributed by atoms with Gasteiger partial charge in [0.1, 0.15) is 5.73 Å². The number of hydrogen-bond acceptors (Lipinski definition) is 3. The standard InChI is InChI=1S/C15H30O3Si/c1-7-10-14(18-15(16)13(4)5)19(17-6,11-8-2)12-9-3/h14H,4,7-12H2,1-3,5-6H3. The van der Waals surface area contributed by atoms with Crippen LogP contribution in [-0.2, 0) is 14.0 Å². The number of ether oxygens (including phenoxy) is 1. The molecule has 0 amide bonds. The third kappa shape index (κ3) is 5.49. The van der Waals surface area contributed by atoms with Crippen molar-refractivity contribution in [2.24, 2.45) is 0 Å². The fourth-order valence-electron chi connectivity index (χ4n) is 2.55. The van der Waals surface area contributed by atoms with Crippen LogP contribution in [0.5, 0.6) is 0 Å². The Morgan fingerprint density at radius 1 is 1.16 bits per heavy atom. The largest absolute Gasteiger partial charge is 0.460 e. The molecule has 0 bridgehead atoms. The zero-order valence-electron chi connectivity index (χ0n) is 13.3. The Labute approximate surface area is 119 Å². The topological polar surface area (TPSA) is 35.5 Å². The number of carbonyl (C=O) groups is 1. The Hall–Kier alpha value is -0.613. The fraction of sp³-hybridized carbons (Fsp3) is 0.800. The molecule has 0 aromatic carbocycles. The van der Waals surface area contributed by atoms with Gasteiger partial charge < -0.3 is 9.16 Å². The van der Waals surface area contributed by atoms with Crippen LogP contribution in [0.3, 0.4) is 0 Å². The van der Waals surface area contributed by atoms with E-state index in [2.05, 4.69) is 27.4 Å². The molecular weight excluding hydrogens is 256 g/mol. The highest BCUT2D eigenvalue weighted by molar-refractivity contribution is 6.75. The number of esters is 1. The Kier molecular flexibility index (Phi) is 9.02. The summed E-state index contributed by atoms with van der Waals surface area (Å²) in [7, 11) is -0.226. The molecule has 0 radical (unpaired) electrons. The molecule has 0 aliphatic carbocycles. The summed E-state index contributed by atoms with van der Waals surface area (Å²) in [4.78, 5) is 11.8. The molecular formula is C15H30O3Si. The Bertz CT molecular complexity index is 283. The van der Waals surface area contributed by atoms with Crippen LogP contribution in [0, 0.1) is 0 Å². The van der Waals surface area contributed by atoms with Crippen LogP contribution in [0.2, 0.25) is 12.1 Å². The van der Waals surface area contributed by atoms with Gasteiger partial charge >= 0.3 is 5.97 Å². The van der Waals surface area contributed by atoms with Gasteiger partial charge in [-0.05, 0) is 25.4 Å². The van der Waals surface area contributed by atoms with E-state index in [1.54, 1.807) is 14.0 Å².